The summed E-state index contributed by atoms with van der Waals surface area (Å²) in [5.41, 5.74) is -0.0797. The number of amides is 2. The van der Waals surface area contributed by atoms with Crippen molar-refractivity contribution in [1.82, 2.24) is 10.2 Å². The lowest BCUT2D eigenvalue weighted by Crippen LogP contribution is -2.30. The summed E-state index contributed by atoms with van der Waals surface area (Å²) in [6.07, 6.45) is -0.0588. The second-order valence-electron chi connectivity index (χ2n) is 9.87. The van der Waals surface area contributed by atoms with Crippen molar-refractivity contribution in [3.8, 4) is 0 Å². The van der Waals surface area contributed by atoms with Gasteiger partial charge in [-0.15, -0.1) is 14.6 Å². The highest BCUT2D eigenvalue weighted by molar-refractivity contribution is 7.93. The van der Waals surface area contributed by atoms with Crippen LogP contribution >= 0.6 is 11.6 Å². The zero-order valence-electron chi connectivity index (χ0n) is 21.3. The molecule has 37 heavy (non-hydrogen) atoms. The summed E-state index contributed by atoms with van der Waals surface area (Å²) in [7, 11) is -3.18. The van der Waals surface area contributed by atoms with Crippen molar-refractivity contribution in [2.24, 2.45) is 4.36 Å². The number of benzene rings is 1. The molecular formula is C24H30ClF2N5O4S. The van der Waals surface area contributed by atoms with Gasteiger partial charge in [-0.3, -0.25) is 4.79 Å². The Morgan fingerprint density at radius 2 is 1.92 bits per heavy atom. The number of carbonyl (C=O) groups is 2. The molecule has 1 saturated heterocycles. The minimum absolute atomic E-state index is 0.00256. The molecule has 1 atom stereocenters. The van der Waals surface area contributed by atoms with Gasteiger partial charge in [0.1, 0.15) is 5.60 Å². The average Bonchev–Trinajstić information content (AvgIpc) is 2.94. The van der Waals surface area contributed by atoms with Crippen molar-refractivity contribution in [2.45, 2.75) is 63.4 Å². The first-order valence-corrected chi connectivity index (χ1v) is 13.9. The molecule has 1 N–H and O–H groups in total. The maximum Gasteiger partial charge on any atom is 0.442 e. The highest BCUT2D eigenvalue weighted by Crippen LogP contribution is 2.32. The number of hydrogen-bond acceptors (Lipinski definition) is 7. The van der Waals surface area contributed by atoms with Crippen molar-refractivity contribution in [3.63, 3.8) is 0 Å². The third-order valence-electron chi connectivity index (χ3n) is 5.56. The Bertz CT molecular complexity index is 1320. The van der Waals surface area contributed by atoms with Crippen LogP contribution in [0.5, 0.6) is 0 Å². The minimum Gasteiger partial charge on any atom is -0.442 e. The van der Waals surface area contributed by atoms with Gasteiger partial charge in [-0.2, -0.15) is 0 Å². The number of nitrogens with one attached hydrogen (secondary N) is 1. The van der Waals surface area contributed by atoms with Crippen LogP contribution in [0.2, 0.25) is 5.15 Å². The molecule has 0 bridgehead atoms. The lowest BCUT2D eigenvalue weighted by molar-refractivity contribution is -0.0102. The highest BCUT2D eigenvalue weighted by atomic mass is 35.5. The molecule has 1 aliphatic heterocycles. The lowest BCUT2D eigenvalue weighted by atomic mass is 10.1. The number of alkyl halides is 2. The molecule has 0 spiro atoms. The van der Waals surface area contributed by atoms with E-state index >= 15 is 0 Å². The molecule has 202 valence electrons. The minimum atomic E-state index is -3.18. The van der Waals surface area contributed by atoms with Crippen molar-refractivity contribution >= 4 is 44.8 Å². The summed E-state index contributed by atoms with van der Waals surface area (Å²) in [6.45, 7) is 6.88. The largest absolute Gasteiger partial charge is 0.442 e. The van der Waals surface area contributed by atoms with Gasteiger partial charge < -0.3 is 15.0 Å². The molecule has 9 nitrogen and oxygen atoms in total. The monoisotopic (exact) mass is 557 g/mol. The number of nitrogens with zero attached hydrogens (tertiary/aromatic N) is 4. The summed E-state index contributed by atoms with van der Waals surface area (Å²) in [6, 6.07) is 6.08. The Balaban J connectivity index is 1.91. The maximum absolute atomic E-state index is 13.9. The van der Waals surface area contributed by atoms with Crippen molar-refractivity contribution in [1.29, 1.82) is 0 Å². The third-order valence-corrected chi connectivity index (χ3v) is 7.54. The molecule has 3 rings (SSSR count). The van der Waals surface area contributed by atoms with E-state index in [-0.39, 0.29) is 59.5 Å². The highest BCUT2D eigenvalue weighted by Gasteiger charge is 2.34. The van der Waals surface area contributed by atoms with E-state index in [1.165, 1.54) is 18.4 Å². The first-order chi connectivity index (χ1) is 17.1. The molecule has 2 amide bonds. The van der Waals surface area contributed by atoms with E-state index in [1.54, 1.807) is 44.7 Å². The van der Waals surface area contributed by atoms with Crippen LogP contribution in [0, 0.1) is 6.92 Å². The first kappa shape index (κ1) is 28.7. The quantitative estimate of drug-likeness (QED) is 0.512. The number of halogens is 3. The van der Waals surface area contributed by atoms with Gasteiger partial charge in [0.05, 0.1) is 15.3 Å². The zero-order chi connectivity index (χ0) is 27.6. The third kappa shape index (κ3) is 7.57. The van der Waals surface area contributed by atoms with Gasteiger partial charge in [0.15, 0.2) is 11.0 Å². The topological polar surface area (TPSA) is 114 Å². The summed E-state index contributed by atoms with van der Waals surface area (Å²) in [4.78, 5) is 27.3. The van der Waals surface area contributed by atoms with Crippen LogP contribution in [0.15, 0.2) is 33.5 Å². The van der Waals surface area contributed by atoms with Gasteiger partial charge in [0.25, 0.3) is 5.91 Å². The summed E-state index contributed by atoms with van der Waals surface area (Å²) >= 11 is 6.14. The second kappa shape index (κ2) is 10.9. The Hall–Kier alpha value is -2.86. The summed E-state index contributed by atoms with van der Waals surface area (Å²) in [5, 5.41) is 10.7. The molecule has 1 aromatic heterocycles. The maximum atomic E-state index is 13.9. The van der Waals surface area contributed by atoms with E-state index in [1.807, 2.05) is 0 Å². The molecule has 0 saturated carbocycles. The molecule has 2 heterocycles. The Morgan fingerprint density at radius 1 is 1.22 bits per heavy atom. The number of anilines is 2. The lowest BCUT2D eigenvalue weighted by Gasteiger charge is -2.24. The molecule has 1 fully saturated rings. The Morgan fingerprint density at radius 3 is 2.59 bits per heavy atom. The predicted octanol–water partition coefficient (Wildman–Crippen LogP) is 5.71. The van der Waals surface area contributed by atoms with Crippen LogP contribution in [0.3, 0.4) is 0 Å². The van der Waals surface area contributed by atoms with E-state index in [0.29, 0.717) is 5.56 Å². The van der Waals surface area contributed by atoms with E-state index in [4.69, 9.17) is 16.3 Å². The van der Waals surface area contributed by atoms with Gasteiger partial charge in [-0.25, -0.2) is 17.8 Å². The number of rotatable bonds is 4. The molecule has 13 heteroatoms. The normalized spacial score (nSPS) is 17.4. The van der Waals surface area contributed by atoms with E-state index in [0.717, 1.165) is 0 Å². The van der Waals surface area contributed by atoms with Crippen LogP contribution in [-0.4, -0.2) is 57.3 Å². The average molecular weight is 558 g/mol. The Kier molecular flexibility index (Phi) is 8.43. The van der Waals surface area contributed by atoms with Crippen molar-refractivity contribution < 1.29 is 27.3 Å². The fraction of sp³-hybridized carbons (Fsp3) is 0.500. The van der Waals surface area contributed by atoms with Gasteiger partial charge in [0, 0.05) is 48.3 Å². The van der Waals surface area contributed by atoms with Gasteiger partial charge in [-0.05, 0) is 52.3 Å². The predicted molar refractivity (Wildman–Crippen MR) is 138 cm³/mol. The molecule has 0 radical (unpaired) electrons. The fourth-order valence-corrected chi connectivity index (χ4v) is 4.97. The van der Waals surface area contributed by atoms with Crippen LogP contribution in [0.4, 0.5) is 25.1 Å². The molecule has 1 aliphatic rings. The zero-order valence-corrected chi connectivity index (χ0v) is 22.9. The van der Waals surface area contributed by atoms with Crippen molar-refractivity contribution in [2.75, 3.05) is 29.6 Å². The molecule has 1 aromatic carbocycles. The van der Waals surface area contributed by atoms with E-state index in [2.05, 4.69) is 19.9 Å². The fourth-order valence-electron chi connectivity index (χ4n) is 3.73. The molecular weight excluding hydrogens is 528 g/mol. The first-order valence-electron chi connectivity index (χ1n) is 11.6. The van der Waals surface area contributed by atoms with Crippen LogP contribution in [0.1, 0.15) is 56.0 Å². The summed E-state index contributed by atoms with van der Waals surface area (Å²) < 4.78 is 49.8. The summed E-state index contributed by atoms with van der Waals surface area (Å²) in [5.74, 6) is -3.22. The smallest absolute Gasteiger partial charge is 0.442 e. The molecule has 2 aromatic rings. The standard InChI is InChI=1S/C24H30ClF2N5O4S/c1-15-18(20(30-29-19(15)25)32-12-7-10-24(26,27)11-13-32)21(33)28-16-8-6-9-17(14-16)37(5,35)31-22(34)36-23(2,3)4/h6,8-9,14H,7,10-13H2,1-5H3,(H,28,33)/t37-/m1/s1. The Labute approximate surface area is 220 Å². The van der Waals surface area contributed by atoms with Crippen molar-refractivity contribution in [3.05, 3.63) is 40.5 Å². The molecule has 0 aliphatic carbocycles. The van der Waals surface area contributed by atoms with Gasteiger partial charge in [-0.1, -0.05) is 17.7 Å². The molecule has 0 unspecified atom stereocenters. The van der Waals surface area contributed by atoms with E-state index < -0.39 is 33.3 Å². The van der Waals surface area contributed by atoms with Gasteiger partial charge in [0.2, 0.25) is 5.92 Å². The van der Waals surface area contributed by atoms with Crippen LogP contribution in [0.25, 0.3) is 0 Å². The van der Waals surface area contributed by atoms with Gasteiger partial charge >= 0.3 is 6.09 Å². The number of ether oxygens (including phenoxy) is 1. The number of hydrogen-bond donors (Lipinski definition) is 1. The SMILES string of the molecule is Cc1c(Cl)nnc(N2CCCC(F)(F)CC2)c1C(=O)Nc1cccc([S@@](C)(=O)=NC(=O)OC(C)(C)C)c1. The number of aromatic nitrogens is 2. The number of carbonyl (C=O) groups excluding carboxylic acids is 2. The second-order valence-corrected chi connectivity index (χ2v) is 12.5. The van der Waals surface area contributed by atoms with Crippen LogP contribution < -0.4 is 10.2 Å². The van der Waals surface area contributed by atoms with Crippen LogP contribution in [-0.2, 0) is 14.5 Å². The van der Waals surface area contributed by atoms with E-state index in [9.17, 15) is 22.6 Å².